The minimum atomic E-state index is -2.03. The predicted molar refractivity (Wildman–Crippen MR) is 133 cm³/mol. The molecule has 2 N–H and O–H groups in total. The Bertz CT molecular complexity index is 1030. The molecular formula is C25H37N3O5Si. The van der Waals surface area contributed by atoms with Gasteiger partial charge in [0.2, 0.25) is 0 Å². The van der Waals surface area contributed by atoms with Crippen molar-refractivity contribution >= 4 is 20.4 Å². The molecule has 1 amide bonds. The zero-order valence-electron chi connectivity index (χ0n) is 21.4. The zero-order valence-corrected chi connectivity index (χ0v) is 22.4. The van der Waals surface area contributed by atoms with E-state index in [0.717, 1.165) is 11.3 Å². The molecule has 8 nitrogen and oxygen atoms in total. The summed E-state index contributed by atoms with van der Waals surface area (Å²) in [4.78, 5) is 33.8. The van der Waals surface area contributed by atoms with E-state index < -0.39 is 19.9 Å². The number of carboxylic acid groups (broad SMARTS) is 1. The van der Waals surface area contributed by atoms with Crippen LogP contribution in [0.2, 0.25) is 18.1 Å². The molecular weight excluding hydrogens is 450 g/mol. The summed E-state index contributed by atoms with van der Waals surface area (Å²) in [6.07, 6.45) is 1.83. The monoisotopic (exact) mass is 487 g/mol. The molecule has 1 aromatic carbocycles. The molecule has 3 rings (SSSR count). The quantitative estimate of drug-likeness (QED) is 0.513. The highest BCUT2D eigenvalue weighted by Crippen LogP contribution is 2.41. The van der Waals surface area contributed by atoms with Gasteiger partial charge in [0.25, 0.3) is 0 Å². The summed E-state index contributed by atoms with van der Waals surface area (Å²) in [7, 11) is -2.03. The summed E-state index contributed by atoms with van der Waals surface area (Å²) < 4.78 is 12.3. The molecule has 34 heavy (non-hydrogen) atoms. The molecule has 0 unspecified atom stereocenters. The Morgan fingerprint density at radius 2 is 1.74 bits per heavy atom. The molecule has 9 heteroatoms. The molecule has 1 aromatic heterocycles. The molecule has 0 saturated carbocycles. The lowest BCUT2D eigenvalue weighted by Gasteiger charge is -2.38. The average Bonchev–Trinajstić information content (AvgIpc) is 3.32. The number of hydrogen-bond donors (Lipinski definition) is 2. The van der Waals surface area contributed by atoms with Crippen molar-refractivity contribution in [2.75, 3.05) is 6.54 Å². The van der Waals surface area contributed by atoms with E-state index in [4.69, 9.17) is 14.3 Å². The summed E-state index contributed by atoms with van der Waals surface area (Å²) >= 11 is 0. The zero-order chi connectivity index (χ0) is 25.5. The number of aromatic carboxylic acids is 1. The predicted octanol–water partition coefficient (Wildman–Crippen LogP) is 5.85. The maximum Gasteiger partial charge on any atom is 0.411 e. The standard InChI is InChI=1S/C25H37N3O5Si/c1-24(2,3)32-23(31)28-15-18(33-34(7,8)25(4,5)6)13-20(28)21-26-14-19(27-21)16-9-11-17(12-10-16)22(29)30/h9-12,14,18,20H,13,15H2,1-8H3,(H,26,27)(H,29,30)/t18-,20+/m1/s1. The molecule has 1 saturated heterocycles. The Balaban J connectivity index is 1.87. The SMILES string of the molecule is CC(C)(C)OC(=O)N1C[C@H](O[Si](C)(C)C(C)(C)C)C[C@H]1c1ncc(-c2ccc(C(=O)O)cc2)[nH]1. The first-order valence-corrected chi connectivity index (χ1v) is 14.5. The number of likely N-dealkylation sites (tertiary alicyclic amines) is 1. The second-order valence-corrected chi connectivity index (χ2v) is 16.2. The number of imidazole rings is 1. The van der Waals surface area contributed by atoms with Gasteiger partial charge in [-0.05, 0) is 56.6 Å². The number of H-pyrrole nitrogens is 1. The van der Waals surface area contributed by atoms with Crippen molar-refractivity contribution in [3.8, 4) is 11.3 Å². The maximum absolute atomic E-state index is 13.1. The Labute approximate surface area is 202 Å². The van der Waals surface area contributed by atoms with Crippen LogP contribution >= 0.6 is 0 Å². The van der Waals surface area contributed by atoms with Crippen molar-refractivity contribution in [3.05, 3.63) is 41.9 Å². The third-order valence-corrected chi connectivity index (χ3v) is 11.0. The van der Waals surface area contributed by atoms with E-state index in [-0.39, 0.29) is 28.8 Å². The van der Waals surface area contributed by atoms with Crippen LogP contribution in [0.15, 0.2) is 30.5 Å². The fourth-order valence-electron chi connectivity index (χ4n) is 3.70. The van der Waals surface area contributed by atoms with Gasteiger partial charge in [-0.2, -0.15) is 0 Å². The van der Waals surface area contributed by atoms with Gasteiger partial charge in [-0.3, -0.25) is 4.90 Å². The number of aromatic amines is 1. The molecule has 1 aliphatic heterocycles. The van der Waals surface area contributed by atoms with Gasteiger partial charge in [-0.25, -0.2) is 14.6 Å². The molecule has 1 fully saturated rings. The molecule has 0 aliphatic carbocycles. The minimum Gasteiger partial charge on any atom is -0.478 e. The van der Waals surface area contributed by atoms with Crippen LogP contribution in [0.4, 0.5) is 4.79 Å². The smallest absolute Gasteiger partial charge is 0.411 e. The van der Waals surface area contributed by atoms with Gasteiger partial charge in [0, 0.05) is 13.0 Å². The highest BCUT2D eigenvalue weighted by molar-refractivity contribution is 6.74. The van der Waals surface area contributed by atoms with Crippen LogP contribution in [0.5, 0.6) is 0 Å². The van der Waals surface area contributed by atoms with Crippen molar-refractivity contribution in [2.45, 2.75) is 83.8 Å². The molecule has 2 atom stereocenters. The van der Waals surface area contributed by atoms with Crippen molar-refractivity contribution < 1.29 is 23.9 Å². The summed E-state index contributed by atoms with van der Waals surface area (Å²) in [6, 6.07) is 6.29. The van der Waals surface area contributed by atoms with Crippen molar-refractivity contribution in [3.63, 3.8) is 0 Å². The van der Waals surface area contributed by atoms with Gasteiger partial charge in [0.15, 0.2) is 8.32 Å². The number of carbonyl (C=O) groups excluding carboxylic acids is 1. The normalized spacial score (nSPS) is 19.4. The molecule has 186 valence electrons. The van der Waals surface area contributed by atoms with Crippen LogP contribution in [0, 0.1) is 0 Å². The maximum atomic E-state index is 13.1. The Morgan fingerprint density at radius 1 is 1.12 bits per heavy atom. The summed E-state index contributed by atoms with van der Waals surface area (Å²) in [5.41, 5.74) is 1.19. The van der Waals surface area contributed by atoms with Crippen molar-refractivity contribution in [1.82, 2.24) is 14.9 Å². The van der Waals surface area contributed by atoms with Gasteiger partial charge in [-0.1, -0.05) is 32.9 Å². The fourth-order valence-corrected chi connectivity index (χ4v) is 5.06. The van der Waals surface area contributed by atoms with Crippen LogP contribution in [0.1, 0.15) is 70.2 Å². The van der Waals surface area contributed by atoms with Gasteiger partial charge in [-0.15, -0.1) is 0 Å². The molecule has 0 radical (unpaired) electrons. The van der Waals surface area contributed by atoms with Crippen LogP contribution < -0.4 is 0 Å². The molecule has 2 heterocycles. The number of nitrogens with one attached hydrogen (secondary N) is 1. The number of aromatic nitrogens is 2. The number of nitrogens with zero attached hydrogens (tertiary/aromatic N) is 2. The highest BCUT2D eigenvalue weighted by atomic mass is 28.4. The molecule has 2 aromatic rings. The Hall–Kier alpha value is -2.65. The fraction of sp³-hybridized carbons (Fsp3) is 0.560. The summed E-state index contributed by atoms with van der Waals surface area (Å²) in [5, 5.41) is 9.19. The lowest BCUT2D eigenvalue weighted by Crippen LogP contribution is -2.45. The lowest BCUT2D eigenvalue weighted by molar-refractivity contribution is 0.0203. The number of benzene rings is 1. The molecule has 0 spiro atoms. The number of ether oxygens (including phenoxy) is 1. The number of hydrogen-bond acceptors (Lipinski definition) is 5. The van der Waals surface area contributed by atoms with Crippen LogP contribution in [0.25, 0.3) is 11.3 Å². The van der Waals surface area contributed by atoms with Gasteiger partial charge in [0.05, 0.1) is 29.6 Å². The van der Waals surface area contributed by atoms with Crippen LogP contribution in [0.3, 0.4) is 0 Å². The van der Waals surface area contributed by atoms with Crippen LogP contribution in [-0.4, -0.2) is 58.6 Å². The van der Waals surface area contributed by atoms with Gasteiger partial charge in [0.1, 0.15) is 11.4 Å². The minimum absolute atomic E-state index is 0.0573. The first-order valence-electron chi connectivity index (χ1n) is 11.6. The van der Waals surface area contributed by atoms with E-state index >= 15 is 0 Å². The Kier molecular flexibility index (Phi) is 7.01. The summed E-state index contributed by atoms with van der Waals surface area (Å²) in [5.74, 6) is -0.312. The largest absolute Gasteiger partial charge is 0.478 e. The first kappa shape index (κ1) is 26.0. The van der Waals surface area contributed by atoms with E-state index in [0.29, 0.717) is 18.8 Å². The second kappa shape index (κ2) is 9.18. The Morgan fingerprint density at radius 3 is 2.26 bits per heavy atom. The van der Waals surface area contributed by atoms with E-state index in [2.05, 4.69) is 43.8 Å². The first-order chi connectivity index (χ1) is 15.6. The van der Waals surface area contributed by atoms with Crippen LogP contribution in [-0.2, 0) is 9.16 Å². The number of amides is 1. The van der Waals surface area contributed by atoms with E-state index in [1.54, 1.807) is 35.4 Å². The van der Waals surface area contributed by atoms with Gasteiger partial charge < -0.3 is 19.3 Å². The number of rotatable bonds is 5. The van der Waals surface area contributed by atoms with Crippen molar-refractivity contribution in [1.29, 1.82) is 0 Å². The number of carbonyl (C=O) groups is 2. The third-order valence-electron chi connectivity index (χ3n) is 6.51. The molecule has 1 aliphatic rings. The van der Waals surface area contributed by atoms with E-state index in [9.17, 15) is 9.59 Å². The third kappa shape index (κ3) is 5.88. The average molecular weight is 488 g/mol. The molecule has 0 bridgehead atoms. The van der Waals surface area contributed by atoms with Crippen molar-refractivity contribution in [2.24, 2.45) is 0 Å². The van der Waals surface area contributed by atoms with E-state index in [1.807, 2.05) is 20.8 Å². The van der Waals surface area contributed by atoms with Gasteiger partial charge >= 0.3 is 12.1 Å². The highest BCUT2D eigenvalue weighted by Gasteiger charge is 2.45. The second-order valence-electron chi connectivity index (χ2n) is 11.4. The topological polar surface area (TPSA) is 105 Å². The summed E-state index contributed by atoms with van der Waals surface area (Å²) in [6.45, 7) is 17.0. The lowest BCUT2D eigenvalue weighted by atomic mass is 10.1. The van der Waals surface area contributed by atoms with E-state index in [1.165, 1.54) is 0 Å². The number of carboxylic acids is 1.